The highest BCUT2D eigenvalue weighted by Gasteiger charge is 2.36. The van der Waals surface area contributed by atoms with Gasteiger partial charge in [-0.15, -0.1) is 0 Å². The van der Waals surface area contributed by atoms with E-state index < -0.39 is 17.9 Å². The highest BCUT2D eigenvalue weighted by Crippen LogP contribution is 2.36. The fourth-order valence-electron chi connectivity index (χ4n) is 2.78. The van der Waals surface area contributed by atoms with Gasteiger partial charge in [0.25, 0.3) is 5.91 Å². The highest BCUT2D eigenvalue weighted by atomic mass is 19.4. The second kappa shape index (κ2) is 5.77. The first kappa shape index (κ1) is 16.2. The first-order valence-electron chi connectivity index (χ1n) is 7.33. The van der Waals surface area contributed by atoms with Gasteiger partial charge in [0.2, 0.25) is 5.82 Å². The molecule has 0 aliphatic carbocycles. The van der Waals surface area contributed by atoms with Gasteiger partial charge < -0.3 is 10.0 Å². The number of hydrogen-bond donors (Lipinski definition) is 1. The van der Waals surface area contributed by atoms with Crippen molar-refractivity contribution in [3.05, 3.63) is 47.0 Å². The Kier molecular flexibility index (Phi) is 3.90. The molecule has 0 unspecified atom stereocenters. The van der Waals surface area contributed by atoms with E-state index in [4.69, 9.17) is 0 Å². The van der Waals surface area contributed by atoms with Crippen molar-refractivity contribution >= 4 is 11.6 Å². The van der Waals surface area contributed by atoms with E-state index in [9.17, 15) is 23.1 Å². The Labute approximate surface area is 135 Å². The molecule has 0 saturated carbocycles. The van der Waals surface area contributed by atoms with E-state index in [2.05, 4.69) is 9.97 Å². The number of phenolic OH excluding ortho intramolecular Hbond substituents is 1. The number of carbonyl (C=O) groups is 1. The number of aryl methyl sites for hydroxylation is 2. The molecule has 0 saturated heterocycles. The van der Waals surface area contributed by atoms with Gasteiger partial charge in [0.1, 0.15) is 11.4 Å². The lowest BCUT2D eigenvalue weighted by atomic mass is 10.0. The van der Waals surface area contributed by atoms with Crippen LogP contribution in [0.15, 0.2) is 24.3 Å². The molecule has 1 aromatic heterocycles. The molecule has 0 atom stereocenters. The molecule has 8 heteroatoms. The second-order valence-corrected chi connectivity index (χ2v) is 5.56. The summed E-state index contributed by atoms with van der Waals surface area (Å²) in [5, 5.41) is 10.1. The molecular weight excluding hydrogens is 323 g/mol. The molecule has 5 nitrogen and oxygen atoms in total. The van der Waals surface area contributed by atoms with Crippen molar-refractivity contribution in [1.29, 1.82) is 0 Å². The van der Waals surface area contributed by atoms with E-state index >= 15 is 0 Å². The lowest BCUT2D eigenvalue weighted by Crippen LogP contribution is -2.36. The Balaban J connectivity index is 2.04. The summed E-state index contributed by atoms with van der Waals surface area (Å²) in [5.74, 6) is -2.11. The SMILES string of the molecule is Cc1cc(C(=O)N2CCCc3cccc(O)c32)nc(C(F)(F)F)n1. The molecule has 1 aromatic carbocycles. The molecule has 1 aliphatic rings. The summed E-state index contributed by atoms with van der Waals surface area (Å²) in [6.45, 7) is 1.67. The molecule has 1 aliphatic heterocycles. The van der Waals surface area contributed by atoms with Gasteiger partial charge >= 0.3 is 6.18 Å². The third-order valence-electron chi connectivity index (χ3n) is 3.77. The predicted octanol–water partition coefficient (Wildman–Crippen LogP) is 3.10. The summed E-state index contributed by atoms with van der Waals surface area (Å²) in [4.78, 5) is 20.7. The molecule has 24 heavy (non-hydrogen) atoms. The Morgan fingerprint density at radius 3 is 2.75 bits per heavy atom. The van der Waals surface area contributed by atoms with Crippen LogP contribution in [0.2, 0.25) is 0 Å². The highest BCUT2D eigenvalue weighted by molar-refractivity contribution is 6.06. The van der Waals surface area contributed by atoms with Gasteiger partial charge in [-0.3, -0.25) is 4.79 Å². The number of para-hydroxylation sites is 1. The molecule has 0 fully saturated rings. The largest absolute Gasteiger partial charge is 0.506 e. The van der Waals surface area contributed by atoms with Crippen molar-refractivity contribution < 1.29 is 23.1 Å². The topological polar surface area (TPSA) is 66.3 Å². The smallest absolute Gasteiger partial charge is 0.451 e. The van der Waals surface area contributed by atoms with Crippen LogP contribution in [-0.2, 0) is 12.6 Å². The molecule has 2 aromatic rings. The van der Waals surface area contributed by atoms with E-state index in [-0.39, 0.29) is 17.1 Å². The normalized spacial score (nSPS) is 14.4. The number of rotatable bonds is 1. The third-order valence-corrected chi connectivity index (χ3v) is 3.77. The van der Waals surface area contributed by atoms with Crippen molar-refractivity contribution in [2.75, 3.05) is 11.4 Å². The number of halogens is 3. The van der Waals surface area contributed by atoms with Crippen LogP contribution in [-0.4, -0.2) is 27.5 Å². The number of phenols is 1. The van der Waals surface area contributed by atoms with Gasteiger partial charge in [-0.25, -0.2) is 9.97 Å². The summed E-state index contributed by atoms with van der Waals surface area (Å²) in [5.41, 5.74) is 0.816. The van der Waals surface area contributed by atoms with Crippen LogP contribution in [0.4, 0.5) is 18.9 Å². The summed E-state index contributed by atoms with van der Waals surface area (Å²) in [7, 11) is 0. The van der Waals surface area contributed by atoms with Gasteiger partial charge in [0, 0.05) is 12.2 Å². The Hall–Kier alpha value is -2.64. The van der Waals surface area contributed by atoms with Crippen LogP contribution in [0.3, 0.4) is 0 Å². The maximum atomic E-state index is 12.9. The van der Waals surface area contributed by atoms with E-state index in [1.807, 2.05) is 0 Å². The average molecular weight is 337 g/mol. The van der Waals surface area contributed by atoms with Gasteiger partial charge in [0.15, 0.2) is 0 Å². The number of carbonyl (C=O) groups excluding carboxylic acids is 1. The number of hydrogen-bond acceptors (Lipinski definition) is 4. The molecule has 126 valence electrons. The van der Waals surface area contributed by atoms with E-state index in [0.717, 1.165) is 5.56 Å². The van der Waals surface area contributed by atoms with Crippen molar-refractivity contribution in [2.45, 2.75) is 25.9 Å². The number of amides is 1. The lowest BCUT2D eigenvalue weighted by molar-refractivity contribution is -0.145. The molecule has 3 rings (SSSR count). The zero-order valence-corrected chi connectivity index (χ0v) is 12.8. The number of alkyl halides is 3. The summed E-state index contributed by atoms with van der Waals surface area (Å²) < 4.78 is 38.6. The molecule has 2 heterocycles. The zero-order chi connectivity index (χ0) is 17.5. The van der Waals surface area contributed by atoms with Gasteiger partial charge in [-0.1, -0.05) is 12.1 Å². The summed E-state index contributed by atoms with van der Waals surface area (Å²) >= 11 is 0. The predicted molar refractivity (Wildman–Crippen MR) is 79.9 cm³/mol. The number of nitrogens with zero attached hydrogens (tertiary/aromatic N) is 3. The Morgan fingerprint density at radius 1 is 1.29 bits per heavy atom. The summed E-state index contributed by atoms with van der Waals surface area (Å²) in [6.07, 6.45) is -3.40. The zero-order valence-electron chi connectivity index (χ0n) is 12.8. The number of fused-ring (bicyclic) bond motifs is 1. The second-order valence-electron chi connectivity index (χ2n) is 5.56. The quantitative estimate of drug-likeness (QED) is 0.868. The van der Waals surface area contributed by atoms with Gasteiger partial charge in [-0.2, -0.15) is 13.2 Å². The molecular formula is C16H14F3N3O2. The average Bonchev–Trinajstić information content (AvgIpc) is 2.52. The van der Waals surface area contributed by atoms with Crippen molar-refractivity contribution in [3.8, 4) is 5.75 Å². The van der Waals surface area contributed by atoms with Crippen LogP contribution in [0.5, 0.6) is 5.75 Å². The minimum absolute atomic E-state index is 0.0511. The van der Waals surface area contributed by atoms with Crippen LogP contribution in [0.1, 0.15) is 34.0 Å². The minimum atomic E-state index is -4.73. The fourth-order valence-corrected chi connectivity index (χ4v) is 2.78. The molecule has 0 bridgehead atoms. The maximum Gasteiger partial charge on any atom is 0.451 e. The van der Waals surface area contributed by atoms with Gasteiger partial charge in [-0.05, 0) is 37.5 Å². The first-order valence-corrected chi connectivity index (χ1v) is 7.33. The lowest BCUT2D eigenvalue weighted by Gasteiger charge is -2.30. The standard InChI is InChI=1S/C16H14F3N3O2/c1-9-8-11(21-15(20-9)16(17,18)19)14(24)22-7-3-5-10-4-2-6-12(23)13(10)22/h2,4,6,8,23H,3,5,7H2,1H3. The number of benzene rings is 1. The Morgan fingerprint density at radius 2 is 2.04 bits per heavy atom. The maximum absolute atomic E-state index is 12.9. The summed E-state index contributed by atoms with van der Waals surface area (Å²) in [6, 6.07) is 6.10. The fraction of sp³-hybridized carbons (Fsp3) is 0.312. The van der Waals surface area contributed by atoms with E-state index in [1.165, 1.54) is 24.0 Å². The number of anilines is 1. The van der Waals surface area contributed by atoms with Crippen molar-refractivity contribution in [3.63, 3.8) is 0 Å². The van der Waals surface area contributed by atoms with Crippen LogP contribution in [0, 0.1) is 6.92 Å². The molecule has 0 radical (unpaired) electrons. The van der Waals surface area contributed by atoms with E-state index in [1.54, 1.807) is 12.1 Å². The van der Waals surface area contributed by atoms with Crippen LogP contribution in [0.25, 0.3) is 0 Å². The minimum Gasteiger partial charge on any atom is -0.506 e. The number of aromatic hydroxyl groups is 1. The van der Waals surface area contributed by atoms with Crippen LogP contribution < -0.4 is 4.90 Å². The van der Waals surface area contributed by atoms with E-state index in [0.29, 0.717) is 25.1 Å². The molecule has 0 spiro atoms. The third kappa shape index (κ3) is 2.91. The van der Waals surface area contributed by atoms with Crippen molar-refractivity contribution in [2.24, 2.45) is 0 Å². The monoisotopic (exact) mass is 337 g/mol. The molecule has 1 amide bonds. The Bertz CT molecular complexity index is 806. The first-order chi connectivity index (χ1) is 11.3. The molecule has 1 N–H and O–H groups in total. The van der Waals surface area contributed by atoms with Gasteiger partial charge in [0.05, 0.1) is 5.69 Å². The van der Waals surface area contributed by atoms with Crippen molar-refractivity contribution in [1.82, 2.24) is 9.97 Å². The van der Waals surface area contributed by atoms with Crippen LogP contribution >= 0.6 is 0 Å². The number of aromatic nitrogens is 2.